The number of nitrogens with zero attached hydrogens (tertiary/aromatic N) is 3. The van der Waals surface area contributed by atoms with Crippen LogP contribution in [-0.4, -0.2) is 42.0 Å². The lowest BCUT2D eigenvalue weighted by atomic mass is 9.97. The van der Waals surface area contributed by atoms with Gasteiger partial charge in [0.15, 0.2) is 11.5 Å². The molecule has 0 amide bonds. The Morgan fingerprint density at radius 1 is 1.34 bits per heavy atom. The number of amidine groups is 1. The summed E-state index contributed by atoms with van der Waals surface area (Å²) in [5.41, 5.74) is 4.33. The lowest BCUT2D eigenvalue weighted by Crippen LogP contribution is -2.27. The van der Waals surface area contributed by atoms with Crippen molar-refractivity contribution in [3.63, 3.8) is 0 Å². The summed E-state index contributed by atoms with van der Waals surface area (Å²) in [5, 5.41) is 0. The average molecular weight is 399 g/mol. The number of allylic oxidation sites excluding steroid dienone is 2. The van der Waals surface area contributed by atoms with Crippen LogP contribution in [0.15, 0.2) is 41.2 Å². The molecule has 0 radical (unpaired) electrons. The third kappa shape index (κ3) is 8.71. The van der Waals surface area contributed by atoms with Gasteiger partial charge in [-0.2, -0.15) is 0 Å². The number of nitrogens with one attached hydrogen (secondary N) is 1. The van der Waals surface area contributed by atoms with E-state index in [1.165, 1.54) is 12.4 Å². The molecule has 1 unspecified atom stereocenters. The summed E-state index contributed by atoms with van der Waals surface area (Å²) in [7, 11) is 1.60. The maximum absolute atomic E-state index is 11.6. The fraction of sp³-hybridized carbons (Fsp3) is 0.455. The highest BCUT2D eigenvalue weighted by Crippen LogP contribution is 2.13. The quantitative estimate of drug-likeness (QED) is 0.162. The van der Waals surface area contributed by atoms with E-state index in [-0.39, 0.29) is 18.2 Å². The molecule has 7 heteroatoms. The fourth-order valence-electron chi connectivity index (χ4n) is 2.34. The topological polar surface area (TPSA) is 85.7 Å². The van der Waals surface area contributed by atoms with Crippen molar-refractivity contribution in [2.24, 2.45) is 16.8 Å². The van der Waals surface area contributed by atoms with E-state index in [9.17, 15) is 4.79 Å². The van der Waals surface area contributed by atoms with E-state index in [1.54, 1.807) is 14.0 Å². The van der Waals surface area contributed by atoms with Crippen LogP contribution in [0.25, 0.3) is 0 Å². The van der Waals surface area contributed by atoms with Crippen LogP contribution in [0.5, 0.6) is 0 Å². The van der Waals surface area contributed by atoms with Gasteiger partial charge in [-0.05, 0) is 31.8 Å². The second-order valence-electron chi connectivity index (χ2n) is 6.60. The molecule has 1 atom stereocenters. The van der Waals surface area contributed by atoms with Crippen molar-refractivity contribution < 1.29 is 14.4 Å². The third-order valence-corrected chi connectivity index (χ3v) is 3.86. The molecule has 1 rings (SSSR count). The van der Waals surface area contributed by atoms with Crippen LogP contribution in [0.2, 0.25) is 0 Å². The zero-order valence-electron chi connectivity index (χ0n) is 17.8. The molecule has 7 nitrogen and oxygen atoms in total. The first kappa shape index (κ1) is 24.1. The molecule has 1 N–H and O–H groups in total. The highest BCUT2D eigenvalue weighted by molar-refractivity contribution is 5.96. The number of hydroxylamine groups is 1. The number of esters is 1. The van der Waals surface area contributed by atoms with E-state index in [4.69, 9.17) is 16.0 Å². The molecule has 29 heavy (non-hydrogen) atoms. The highest BCUT2D eigenvalue weighted by Gasteiger charge is 2.11. The smallest absolute Gasteiger partial charge is 0.358 e. The molecule has 156 valence electrons. The van der Waals surface area contributed by atoms with Gasteiger partial charge in [-0.25, -0.2) is 20.2 Å². The number of ether oxygens (including phenoxy) is 1. The van der Waals surface area contributed by atoms with Crippen LogP contribution in [0.3, 0.4) is 0 Å². The summed E-state index contributed by atoms with van der Waals surface area (Å²) in [6, 6.07) is 0. The first-order valence-corrected chi connectivity index (χ1v) is 9.58. The van der Waals surface area contributed by atoms with Gasteiger partial charge in [0.2, 0.25) is 0 Å². The minimum absolute atomic E-state index is 0.0962. The second kappa shape index (κ2) is 13.2. The Morgan fingerprint density at radius 3 is 2.55 bits per heavy atom. The van der Waals surface area contributed by atoms with Crippen molar-refractivity contribution in [2.45, 2.75) is 34.1 Å². The molecule has 0 aliphatic rings. The van der Waals surface area contributed by atoms with Gasteiger partial charge in [0.05, 0.1) is 25.6 Å². The van der Waals surface area contributed by atoms with Crippen molar-refractivity contribution in [2.75, 3.05) is 20.3 Å². The Balaban J connectivity index is 2.64. The van der Waals surface area contributed by atoms with E-state index >= 15 is 0 Å². The predicted octanol–water partition coefficient (Wildman–Crippen LogP) is 3.35. The predicted molar refractivity (Wildman–Crippen MR) is 114 cm³/mol. The summed E-state index contributed by atoms with van der Waals surface area (Å²) < 4.78 is 4.89. The number of terminal acetylenes is 1. The van der Waals surface area contributed by atoms with Gasteiger partial charge >= 0.3 is 5.97 Å². The second-order valence-corrected chi connectivity index (χ2v) is 6.60. The zero-order chi connectivity index (χ0) is 21.6. The molecule has 0 bridgehead atoms. The number of rotatable bonds is 10. The number of carbonyl (C=O) groups is 1. The molecular weight excluding hydrogens is 368 g/mol. The summed E-state index contributed by atoms with van der Waals surface area (Å²) in [4.78, 5) is 29.5. The number of aromatic nitrogens is 2. The molecule has 0 aromatic carbocycles. The molecule has 0 saturated carbocycles. The zero-order valence-corrected chi connectivity index (χ0v) is 17.8. The van der Waals surface area contributed by atoms with E-state index in [0.29, 0.717) is 24.1 Å². The Morgan fingerprint density at radius 2 is 2.03 bits per heavy atom. The number of carbonyl (C=O) groups excluding carboxylic acids is 1. The van der Waals surface area contributed by atoms with Gasteiger partial charge in [0.1, 0.15) is 5.69 Å². The van der Waals surface area contributed by atoms with Crippen molar-refractivity contribution in [3.8, 4) is 12.3 Å². The maximum Gasteiger partial charge on any atom is 0.358 e. The van der Waals surface area contributed by atoms with Crippen LogP contribution in [0, 0.1) is 24.2 Å². The summed E-state index contributed by atoms with van der Waals surface area (Å²) >= 11 is 0. The van der Waals surface area contributed by atoms with Crippen molar-refractivity contribution in [1.29, 1.82) is 0 Å². The van der Waals surface area contributed by atoms with Crippen molar-refractivity contribution in [3.05, 3.63) is 47.6 Å². The average Bonchev–Trinajstić information content (AvgIpc) is 2.72. The Hall–Kier alpha value is -2.98. The van der Waals surface area contributed by atoms with Gasteiger partial charge < -0.3 is 4.74 Å². The molecule has 0 saturated heterocycles. The van der Waals surface area contributed by atoms with Gasteiger partial charge in [-0.1, -0.05) is 38.0 Å². The molecule has 0 fully saturated rings. The van der Waals surface area contributed by atoms with Gasteiger partial charge in [-0.15, -0.1) is 6.42 Å². The number of aliphatic imine (C=N–C) groups is 1. The molecule has 0 aliphatic carbocycles. The minimum Gasteiger partial charge on any atom is -0.461 e. The lowest BCUT2D eigenvalue weighted by Gasteiger charge is -2.11. The van der Waals surface area contributed by atoms with Crippen LogP contribution < -0.4 is 5.48 Å². The number of hydrogen-bond acceptors (Lipinski definition) is 6. The summed E-state index contributed by atoms with van der Waals surface area (Å²) in [6.07, 6.45) is 15.3. The molecule has 0 aliphatic heterocycles. The minimum atomic E-state index is -0.516. The van der Waals surface area contributed by atoms with Crippen LogP contribution in [-0.2, 0) is 9.57 Å². The molecule has 1 heterocycles. The van der Waals surface area contributed by atoms with Crippen LogP contribution in [0.1, 0.15) is 50.3 Å². The SMILES string of the molecule is C#CC(/C=C\C(=C/C)CONC(=NC)c1cnc(C(=O)OCC)cn1)CC(C)C. The van der Waals surface area contributed by atoms with Gasteiger partial charge in [-0.3, -0.25) is 9.83 Å². The van der Waals surface area contributed by atoms with Crippen LogP contribution in [0.4, 0.5) is 0 Å². The van der Waals surface area contributed by atoms with Crippen molar-refractivity contribution >= 4 is 11.8 Å². The Labute approximate surface area is 173 Å². The summed E-state index contributed by atoms with van der Waals surface area (Å²) in [6.45, 7) is 8.56. The number of hydrogen-bond donors (Lipinski definition) is 1. The summed E-state index contributed by atoms with van der Waals surface area (Å²) in [5.74, 6) is 3.31. The normalized spacial score (nSPS) is 13.4. The van der Waals surface area contributed by atoms with E-state index in [1.807, 2.05) is 25.2 Å². The van der Waals surface area contributed by atoms with Gasteiger partial charge in [0.25, 0.3) is 0 Å². The first-order chi connectivity index (χ1) is 13.9. The van der Waals surface area contributed by atoms with Crippen molar-refractivity contribution in [1.82, 2.24) is 15.4 Å². The molecule has 1 aromatic rings. The van der Waals surface area contributed by atoms with E-state index in [0.717, 1.165) is 12.0 Å². The molecule has 0 spiro atoms. The Bertz CT molecular complexity index is 774. The van der Waals surface area contributed by atoms with Gasteiger partial charge in [0, 0.05) is 13.0 Å². The van der Waals surface area contributed by atoms with E-state index in [2.05, 4.69) is 40.2 Å². The first-order valence-electron chi connectivity index (χ1n) is 9.58. The highest BCUT2D eigenvalue weighted by atomic mass is 16.6. The van der Waals surface area contributed by atoms with E-state index < -0.39 is 5.97 Å². The largest absolute Gasteiger partial charge is 0.461 e. The molecule has 1 aromatic heterocycles. The molecular formula is C22H30N4O3. The standard InChI is InChI=1S/C22H30N4O3/c1-7-17(12-16(4)5)10-11-18(8-2)15-29-26-21(23-6)19-13-25-20(14-24-19)22(27)28-9-3/h1,8,10-11,13-14,16-17H,9,12,15H2,2-6H3,(H,23,26)/b11-10-,18-8+. The Kier molecular flexibility index (Phi) is 11.0. The maximum atomic E-state index is 11.6. The lowest BCUT2D eigenvalue weighted by molar-refractivity contribution is 0.0519. The monoisotopic (exact) mass is 398 g/mol. The van der Waals surface area contributed by atoms with Crippen LogP contribution >= 0.6 is 0 Å². The third-order valence-electron chi connectivity index (χ3n) is 3.86. The fourth-order valence-corrected chi connectivity index (χ4v) is 2.34.